The molecular weight excluding hydrogens is 164 g/mol. The van der Waals surface area contributed by atoms with E-state index in [0.717, 1.165) is 6.42 Å². The third-order valence-electron chi connectivity index (χ3n) is 1.42. The fraction of sp³-hybridized carbons (Fsp3) is 1.00. The molecule has 0 heterocycles. The highest BCUT2D eigenvalue weighted by atomic mass is 35.5. The zero-order valence-electron chi connectivity index (χ0n) is 7.28. The highest BCUT2D eigenvalue weighted by Gasteiger charge is 2.22. The standard InChI is InChI=1S/C7H17ClOSi/c1-5-7(2)9-10(3,4)6-8/h7H,5-6H2,1-4H3. The van der Waals surface area contributed by atoms with Gasteiger partial charge < -0.3 is 4.43 Å². The molecule has 0 aromatic carbocycles. The third kappa shape index (κ3) is 4.31. The molecule has 0 radical (unpaired) electrons. The van der Waals surface area contributed by atoms with E-state index in [-0.39, 0.29) is 0 Å². The lowest BCUT2D eigenvalue weighted by Gasteiger charge is -2.24. The molecule has 0 amide bonds. The molecule has 1 atom stereocenters. The Morgan fingerprint density at radius 1 is 1.50 bits per heavy atom. The number of hydrogen-bond acceptors (Lipinski definition) is 1. The van der Waals surface area contributed by atoms with Crippen LogP contribution in [0.3, 0.4) is 0 Å². The van der Waals surface area contributed by atoms with Crippen molar-refractivity contribution in [3.05, 3.63) is 0 Å². The van der Waals surface area contributed by atoms with Crippen LogP contribution in [0.4, 0.5) is 0 Å². The SMILES string of the molecule is CCC(C)O[Si](C)(C)CCl. The Bertz CT molecular complexity index is 95.6. The topological polar surface area (TPSA) is 9.23 Å². The average Bonchev–Trinajstić information content (AvgIpc) is 1.87. The van der Waals surface area contributed by atoms with Gasteiger partial charge in [-0.15, -0.1) is 11.6 Å². The van der Waals surface area contributed by atoms with Crippen LogP contribution in [0.1, 0.15) is 20.3 Å². The van der Waals surface area contributed by atoms with Crippen molar-refractivity contribution in [2.45, 2.75) is 39.5 Å². The summed E-state index contributed by atoms with van der Waals surface area (Å²) in [4.78, 5) is 0. The van der Waals surface area contributed by atoms with Gasteiger partial charge in [0, 0.05) is 11.6 Å². The molecule has 1 nitrogen and oxygen atoms in total. The lowest BCUT2D eigenvalue weighted by Crippen LogP contribution is -2.36. The van der Waals surface area contributed by atoms with Crippen LogP contribution in [-0.2, 0) is 4.43 Å². The first kappa shape index (κ1) is 10.5. The van der Waals surface area contributed by atoms with Gasteiger partial charge in [-0.2, -0.15) is 0 Å². The molecule has 0 aromatic heterocycles. The lowest BCUT2D eigenvalue weighted by molar-refractivity contribution is 0.209. The molecule has 0 saturated carbocycles. The summed E-state index contributed by atoms with van der Waals surface area (Å²) < 4.78 is 5.74. The minimum absolute atomic E-state index is 0.375. The summed E-state index contributed by atoms with van der Waals surface area (Å²) in [6.07, 6.45) is 1.45. The summed E-state index contributed by atoms with van der Waals surface area (Å²) in [5, 5.41) is 0. The van der Waals surface area contributed by atoms with E-state index in [4.69, 9.17) is 16.0 Å². The van der Waals surface area contributed by atoms with E-state index in [0.29, 0.717) is 11.6 Å². The Balaban J connectivity index is 3.64. The van der Waals surface area contributed by atoms with Gasteiger partial charge in [-0.1, -0.05) is 6.92 Å². The fourth-order valence-corrected chi connectivity index (χ4v) is 2.17. The molecule has 0 saturated heterocycles. The van der Waals surface area contributed by atoms with Crippen LogP contribution < -0.4 is 0 Å². The van der Waals surface area contributed by atoms with E-state index >= 15 is 0 Å². The molecule has 3 heteroatoms. The normalized spacial score (nSPS) is 15.3. The number of hydrogen-bond donors (Lipinski definition) is 0. The first-order chi connectivity index (χ1) is 4.52. The predicted octanol–water partition coefficient (Wildman–Crippen LogP) is 2.78. The number of rotatable bonds is 4. The number of halogens is 1. The van der Waals surface area contributed by atoms with Gasteiger partial charge in [-0.05, 0) is 26.4 Å². The van der Waals surface area contributed by atoms with Gasteiger partial charge in [-0.25, -0.2) is 0 Å². The van der Waals surface area contributed by atoms with Crippen molar-refractivity contribution in [2.75, 3.05) is 5.50 Å². The van der Waals surface area contributed by atoms with Crippen LogP contribution in [0.15, 0.2) is 0 Å². The molecule has 0 spiro atoms. The van der Waals surface area contributed by atoms with Gasteiger partial charge in [0.15, 0.2) is 0 Å². The van der Waals surface area contributed by atoms with E-state index in [1.807, 2.05) is 0 Å². The molecule has 62 valence electrons. The van der Waals surface area contributed by atoms with Crippen molar-refractivity contribution < 1.29 is 4.43 Å². The molecule has 0 N–H and O–H groups in total. The lowest BCUT2D eigenvalue weighted by atomic mass is 10.3. The van der Waals surface area contributed by atoms with E-state index in [2.05, 4.69) is 26.9 Å². The Kier molecular flexibility index (Phi) is 4.57. The van der Waals surface area contributed by atoms with Gasteiger partial charge in [0.2, 0.25) is 8.32 Å². The average molecular weight is 181 g/mol. The predicted molar refractivity (Wildman–Crippen MR) is 49.0 cm³/mol. The Morgan fingerprint density at radius 3 is 2.30 bits per heavy atom. The van der Waals surface area contributed by atoms with Crippen molar-refractivity contribution in [2.24, 2.45) is 0 Å². The smallest absolute Gasteiger partial charge is 0.201 e. The molecular formula is C7H17ClOSi. The second-order valence-corrected chi connectivity index (χ2v) is 8.05. The van der Waals surface area contributed by atoms with Crippen LogP contribution in [0.2, 0.25) is 13.1 Å². The van der Waals surface area contributed by atoms with Gasteiger partial charge in [0.25, 0.3) is 0 Å². The van der Waals surface area contributed by atoms with Gasteiger partial charge in [-0.3, -0.25) is 0 Å². The quantitative estimate of drug-likeness (QED) is 0.478. The monoisotopic (exact) mass is 180 g/mol. The van der Waals surface area contributed by atoms with Gasteiger partial charge >= 0.3 is 0 Å². The molecule has 0 aliphatic rings. The molecule has 0 aliphatic carbocycles. The van der Waals surface area contributed by atoms with E-state index in [1.54, 1.807) is 0 Å². The van der Waals surface area contributed by atoms with Crippen molar-refractivity contribution in [1.82, 2.24) is 0 Å². The maximum atomic E-state index is 5.74. The van der Waals surface area contributed by atoms with E-state index < -0.39 is 8.32 Å². The summed E-state index contributed by atoms with van der Waals surface area (Å²) in [5.41, 5.74) is 0.692. The highest BCUT2D eigenvalue weighted by Crippen LogP contribution is 2.11. The van der Waals surface area contributed by atoms with Crippen LogP contribution in [0.25, 0.3) is 0 Å². The summed E-state index contributed by atoms with van der Waals surface area (Å²) in [6.45, 7) is 8.52. The summed E-state index contributed by atoms with van der Waals surface area (Å²) in [7, 11) is -1.50. The van der Waals surface area contributed by atoms with Crippen LogP contribution in [0, 0.1) is 0 Å². The summed E-state index contributed by atoms with van der Waals surface area (Å²) in [5.74, 6) is 0. The Morgan fingerprint density at radius 2 is 2.00 bits per heavy atom. The van der Waals surface area contributed by atoms with Gasteiger partial charge in [0.1, 0.15) is 0 Å². The zero-order chi connectivity index (χ0) is 8.20. The number of alkyl halides is 1. The van der Waals surface area contributed by atoms with Crippen molar-refractivity contribution in [3.8, 4) is 0 Å². The molecule has 0 fully saturated rings. The summed E-state index contributed by atoms with van der Waals surface area (Å²) in [6, 6.07) is 0. The molecule has 0 rings (SSSR count). The first-order valence-corrected chi connectivity index (χ1v) is 7.40. The molecule has 0 aromatic rings. The minimum atomic E-state index is -1.50. The maximum absolute atomic E-state index is 5.74. The fourth-order valence-electron chi connectivity index (χ4n) is 0.659. The van der Waals surface area contributed by atoms with Crippen LogP contribution in [-0.4, -0.2) is 19.9 Å². The van der Waals surface area contributed by atoms with E-state index in [9.17, 15) is 0 Å². The highest BCUT2D eigenvalue weighted by molar-refractivity contribution is 6.77. The largest absolute Gasteiger partial charge is 0.414 e. The molecule has 1 unspecified atom stereocenters. The van der Waals surface area contributed by atoms with Crippen molar-refractivity contribution in [3.63, 3.8) is 0 Å². The maximum Gasteiger partial charge on any atom is 0.201 e. The molecule has 0 bridgehead atoms. The van der Waals surface area contributed by atoms with Crippen LogP contribution in [0.5, 0.6) is 0 Å². The Labute approximate surface area is 69.9 Å². The molecule has 0 aliphatic heterocycles. The summed E-state index contributed by atoms with van der Waals surface area (Å²) >= 11 is 5.73. The molecule has 10 heavy (non-hydrogen) atoms. The Hall–Kier alpha value is 0.467. The minimum Gasteiger partial charge on any atom is -0.414 e. The third-order valence-corrected chi connectivity index (χ3v) is 5.03. The second kappa shape index (κ2) is 4.37. The van der Waals surface area contributed by atoms with Crippen molar-refractivity contribution in [1.29, 1.82) is 0 Å². The second-order valence-electron chi connectivity index (χ2n) is 3.23. The zero-order valence-corrected chi connectivity index (χ0v) is 9.03. The van der Waals surface area contributed by atoms with Crippen LogP contribution >= 0.6 is 11.6 Å². The van der Waals surface area contributed by atoms with E-state index in [1.165, 1.54) is 0 Å². The van der Waals surface area contributed by atoms with Crippen molar-refractivity contribution >= 4 is 19.9 Å². The van der Waals surface area contributed by atoms with Gasteiger partial charge in [0.05, 0.1) is 0 Å². The first-order valence-electron chi connectivity index (χ1n) is 3.75.